The third kappa shape index (κ3) is 3.87. The van der Waals surface area contributed by atoms with Crippen molar-refractivity contribution in [2.24, 2.45) is 0 Å². The molecule has 0 fully saturated rings. The highest BCUT2D eigenvalue weighted by Gasteiger charge is 2.34. The van der Waals surface area contributed by atoms with Crippen molar-refractivity contribution in [1.82, 2.24) is 19.6 Å². The van der Waals surface area contributed by atoms with Crippen LogP contribution in [-0.4, -0.2) is 32.7 Å². The van der Waals surface area contributed by atoms with Gasteiger partial charge in [-0.1, -0.05) is 12.1 Å². The van der Waals surface area contributed by atoms with Crippen molar-refractivity contribution in [3.05, 3.63) is 47.9 Å². The zero-order valence-electron chi connectivity index (χ0n) is 14.5. The molecule has 26 heavy (non-hydrogen) atoms. The second-order valence-corrected chi connectivity index (χ2v) is 6.14. The highest BCUT2D eigenvalue weighted by molar-refractivity contribution is 5.48. The molecular weight excluding hydrogens is 347 g/mol. The number of fused-ring (bicyclic) bond motifs is 1. The standard InChI is InChI=1S/C17H18F3N5O/c1-11(2)26-13-6-4-5-12(7-13)9-24(3)15-8-14(17(18,19)20)23-16-21-10-22-25(15)16/h4-8,10-11H,9H2,1-3H3. The summed E-state index contributed by atoms with van der Waals surface area (Å²) in [6.45, 7) is 4.22. The molecule has 6 nitrogen and oxygen atoms in total. The molecule has 0 aliphatic heterocycles. The van der Waals surface area contributed by atoms with Crippen LogP contribution in [0.1, 0.15) is 25.1 Å². The van der Waals surface area contributed by atoms with Gasteiger partial charge in [0.1, 0.15) is 17.9 Å². The summed E-state index contributed by atoms with van der Waals surface area (Å²) in [4.78, 5) is 8.96. The first kappa shape index (κ1) is 18.0. The Morgan fingerprint density at radius 2 is 2.00 bits per heavy atom. The first-order valence-corrected chi connectivity index (χ1v) is 7.99. The minimum atomic E-state index is -4.56. The van der Waals surface area contributed by atoms with E-state index in [0.29, 0.717) is 12.3 Å². The molecule has 2 heterocycles. The highest BCUT2D eigenvalue weighted by Crippen LogP contribution is 2.30. The third-order valence-corrected chi connectivity index (χ3v) is 3.60. The van der Waals surface area contributed by atoms with Crippen molar-refractivity contribution in [3.8, 4) is 5.75 Å². The summed E-state index contributed by atoms with van der Waals surface area (Å²) < 4.78 is 46.3. The molecule has 0 unspecified atom stereocenters. The molecule has 2 aromatic heterocycles. The Balaban J connectivity index is 1.92. The fraction of sp³-hybridized carbons (Fsp3) is 0.353. The Morgan fingerprint density at radius 1 is 1.23 bits per heavy atom. The van der Waals surface area contributed by atoms with Gasteiger partial charge in [-0.25, -0.2) is 4.98 Å². The fourth-order valence-corrected chi connectivity index (χ4v) is 2.56. The molecule has 9 heteroatoms. The van der Waals surface area contributed by atoms with Gasteiger partial charge in [0, 0.05) is 19.7 Å². The van der Waals surface area contributed by atoms with Crippen LogP contribution in [0.2, 0.25) is 0 Å². The maximum Gasteiger partial charge on any atom is 0.433 e. The van der Waals surface area contributed by atoms with E-state index in [1.54, 1.807) is 11.9 Å². The van der Waals surface area contributed by atoms with Gasteiger partial charge >= 0.3 is 6.18 Å². The SMILES string of the molecule is CC(C)Oc1cccc(CN(C)c2cc(C(F)(F)F)nc3ncnn23)c1. The van der Waals surface area contributed by atoms with Crippen molar-refractivity contribution in [1.29, 1.82) is 0 Å². The topological polar surface area (TPSA) is 55.5 Å². The maximum atomic E-state index is 13.1. The van der Waals surface area contributed by atoms with Crippen LogP contribution in [0.4, 0.5) is 19.0 Å². The summed E-state index contributed by atoms with van der Waals surface area (Å²) in [7, 11) is 1.69. The Bertz CT molecular complexity index is 907. The fourth-order valence-electron chi connectivity index (χ4n) is 2.56. The third-order valence-electron chi connectivity index (χ3n) is 3.60. The Hall–Kier alpha value is -2.84. The number of ether oxygens (including phenoxy) is 1. The average Bonchev–Trinajstić information content (AvgIpc) is 3.01. The van der Waals surface area contributed by atoms with Gasteiger partial charge in [-0.05, 0) is 31.5 Å². The molecule has 138 valence electrons. The van der Waals surface area contributed by atoms with E-state index in [1.165, 1.54) is 10.8 Å². The molecule has 1 aromatic carbocycles. The lowest BCUT2D eigenvalue weighted by atomic mass is 10.2. The number of alkyl halides is 3. The van der Waals surface area contributed by atoms with Crippen molar-refractivity contribution in [2.75, 3.05) is 11.9 Å². The molecule has 0 bridgehead atoms. The summed E-state index contributed by atoms with van der Waals surface area (Å²) in [5.74, 6) is 0.857. The molecule has 0 N–H and O–H groups in total. The molecule has 0 spiro atoms. The highest BCUT2D eigenvalue weighted by atomic mass is 19.4. The minimum absolute atomic E-state index is 0.0345. The van der Waals surface area contributed by atoms with Gasteiger partial charge in [0.05, 0.1) is 6.10 Å². The second kappa shape index (κ2) is 6.81. The summed E-state index contributed by atoms with van der Waals surface area (Å²) in [5.41, 5.74) is -0.110. The van der Waals surface area contributed by atoms with Gasteiger partial charge in [0.15, 0.2) is 5.69 Å². The largest absolute Gasteiger partial charge is 0.491 e. The van der Waals surface area contributed by atoms with Gasteiger partial charge in [-0.2, -0.15) is 27.8 Å². The second-order valence-electron chi connectivity index (χ2n) is 6.14. The molecule has 0 saturated heterocycles. The van der Waals surface area contributed by atoms with E-state index in [4.69, 9.17) is 4.74 Å². The summed E-state index contributed by atoms with van der Waals surface area (Å²) in [6, 6.07) is 8.40. The van der Waals surface area contributed by atoms with Gasteiger partial charge in [-0.15, -0.1) is 0 Å². The minimum Gasteiger partial charge on any atom is -0.491 e. The predicted molar refractivity (Wildman–Crippen MR) is 90.1 cm³/mol. The van der Waals surface area contributed by atoms with Gasteiger partial charge in [-0.3, -0.25) is 0 Å². The van der Waals surface area contributed by atoms with E-state index in [-0.39, 0.29) is 17.7 Å². The molecule has 0 aliphatic rings. The number of nitrogens with zero attached hydrogens (tertiary/aromatic N) is 5. The lowest BCUT2D eigenvalue weighted by Crippen LogP contribution is -2.22. The van der Waals surface area contributed by atoms with Crippen LogP contribution in [-0.2, 0) is 12.7 Å². The van der Waals surface area contributed by atoms with E-state index < -0.39 is 11.9 Å². The van der Waals surface area contributed by atoms with Crippen molar-refractivity contribution in [3.63, 3.8) is 0 Å². The molecule has 3 rings (SSSR count). The van der Waals surface area contributed by atoms with E-state index in [2.05, 4.69) is 15.1 Å². The van der Waals surface area contributed by atoms with Crippen LogP contribution < -0.4 is 9.64 Å². The quantitative estimate of drug-likeness (QED) is 0.692. The zero-order chi connectivity index (χ0) is 18.9. The maximum absolute atomic E-state index is 13.1. The normalized spacial score (nSPS) is 12.0. The number of rotatable bonds is 5. The van der Waals surface area contributed by atoms with Gasteiger partial charge in [0.2, 0.25) is 0 Å². The van der Waals surface area contributed by atoms with Crippen molar-refractivity contribution >= 4 is 11.6 Å². The van der Waals surface area contributed by atoms with Crippen LogP contribution in [0.5, 0.6) is 5.75 Å². The number of aromatic nitrogens is 4. The first-order chi connectivity index (χ1) is 12.2. The molecule has 3 aromatic rings. The Morgan fingerprint density at radius 3 is 2.69 bits per heavy atom. The van der Waals surface area contributed by atoms with Crippen LogP contribution in [0.25, 0.3) is 5.78 Å². The molecule has 0 atom stereocenters. The van der Waals surface area contributed by atoms with Crippen LogP contribution in [0.15, 0.2) is 36.7 Å². The van der Waals surface area contributed by atoms with Crippen LogP contribution in [0.3, 0.4) is 0 Å². The van der Waals surface area contributed by atoms with Crippen LogP contribution >= 0.6 is 0 Å². The number of anilines is 1. The molecule has 0 aliphatic carbocycles. The molecule has 0 saturated carbocycles. The molecule has 0 radical (unpaired) electrons. The van der Waals surface area contributed by atoms with Crippen molar-refractivity contribution < 1.29 is 17.9 Å². The summed E-state index contributed by atoms with van der Waals surface area (Å²) in [6.07, 6.45) is -3.35. The van der Waals surface area contributed by atoms with Crippen molar-refractivity contribution in [2.45, 2.75) is 32.7 Å². The zero-order valence-corrected chi connectivity index (χ0v) is 14.5. The Kier molecular flexibility index (Phi) is 4.71. The predicted octanol–water partition coefficient (Wildman–Crippen LogP) is 3.57. The Labute approximate surface area is 148 Å². The monoisotopic (exact) mass is 365 g/mol. The van der Waals surface area contributed by atoms with Gasteiger partial charge < -0.3 is 9.64 Å². The number of hydrogen-bond donors (Lipinski definition) is 0. The summed E-state index contributed by atoms with van der Waals surface area (Å²) >= 11 is 0. The lowest BCUT2D eigenvalue weighted by molar-refractivity contribution is -0.141. The first-order valence-electron chi connectivity index (χ1n) is 7.99. The number of benzene rings is 1. The smallest absolute Gasteiger partial charge is 0.433 e. The lowest BCUT2D eigenvalue weighted by Gasteiger charge is -2.21. The van der Waals surface area contributed by atoms with Crippen LogP contribution in [0, 0.1) is 0 Å². The molecular formula is C17H18F3N5O. The number of halogens is 3. The average molecular weight is 365 g/mol. The van der Waals surface area contributed by atoms with E-state index in [9.17, 15) is 13.2 Å². The summed E-state index contributed by atoms with van der Waals surface area (Å²) in [5, 5.41) is 3.97. The number of hydrogen-bond acceptors (Lipinski definition) is 5. The van der Waals surface area contributed by atoms with E-state index in [1.807, 2.05) is 38.1 Å². The molecule has 0 amide bonds. The van der Waals surface area contributed by atoms with Gasteiger partial charge in [0.25, 0.3) is 5.78 Å². The van der Waals surface area contributed by atoms with E-state index >= 15 is 0 Å². The van der Waals surface area contributed by atoms with E-state index in [0.717, 1.165) is 11.6 Å².